The van der Waals surface area contributed by atoms with E-state index in [1.807, 2.05) is 6.07 Å². The topological polar surface area (TPSA) is 123 Å². The van der Waals surface area contributed by atoms with Gasteiger partial charge in [0.05, 0.1) is 12.5 Å². The number of aldehydes is 1. The van der Waals surface area contributed by atoms with E-state index in [-0.39, 0.29) is 41.4 Å². The molecular formula is C26H17F4N7O2. The van der Waals surface area contributed by atoms with E-state index in [1.54, 1.807) is 17.7 Å². The van der Waals surface area contributed by atoms with Crippen molar-refractivity contribution in [2.45, 2.75) is 12.6 Å². The molecule has 0 amide bonds. The minimum Gasteiger partial charge on any atom is -0.434 e. The molecule has 0 aliphatic carbocycles. The van der Waals surface area contributed by atoms with Crippen LogP contribution in [-0.2, 0) is 13.2 Å². The highest BCUT2D eigenvalue weighted by atomic mass is 19.4. The SMILES string of the molecule is Cn1cnnc1-c1cc(F)ccc1-c1cc(NCCC#N)nc(-c2nc3cc(C=O)cc(C(F)(F)F)c3o2)c1. The number of halogens is 4. The zero-order valence-corrected chi connectivity index (χ0v) is 20.1. The monoisotopic (exact) mass is 535 g/mol. The van der Waals surface area contributed by atoms with E-state index < -0.39 is 23.1 Å². The van der Waals surface area contributed by atoms with Gasteiger partial charge in [-0.2, -0.15) is 18.4 Å². The Bertz CT molecular complexity index is 1750. The second-order valence-corrected chi connectivity index (χ2v) is 8.47. The van der Waals surface area contributed by atoms with Crippen molar-refractivity contribution < 1.29 is 26.8 Å². The van der Waals surface area contributed by atoms with Gasteiger partial charge in [0.2, 0.25) is 5.89 Å². The number of benzene rings is 2. The molecule has 0 saturated heterocycles. The second-order valence-electron chi connectivity index (χ2n) is 8.47. The van der Waals surface area contributed by atoms with Crippen LogP contribution in [0.3, 0.4) is 0 Å². The summed E-state index contributed by atoms with van der Waals surface area (Å²) in [5.41, 5.74) is -0.591. The van der Waals surface area contributed by atoms with Gasteiger partial charge in [0.25, 0.3) is 0 Å². The van der Waals surface area contributed by atoms with Crippen molar-refractivity contribution in [3.63, 3.8) is 0 Å². The Morgan fingerprint density at radius 3 is 2.64 bits per heavy atom. The van der Waals surface area contributed by atoms with Crippen LogP contribution in [0.4, 0.5) is 23.4 Å². The summed E-state index contributed by atoms with van der Waals surface area (Å²) in [5, 5.41) is 19.8. The van der Waals surface area contributed by atoms with Crippen LogP contribution >= 0.6 is 0 Å². The molecule has 3 heterocycles. The highest BCUT2D eigenvalue weighted by Crippen LogP contribution is 2.39. The summed E-state index contributed by atoms with van der Waals surface area (Å²) >= 11 is 0. The Kier molecular flexibility index (Phi) is 6.53. The molecule has 0 atom stereocenters. The summed E-state index contributed by atoms with van der Waals surface area (Å²) < 4.78 is 62.6. The second kappa shape index (κ2) is 9.97. The van der Waals surface area contributed by atoms with E-state index in [0.717, 1.165) is 0 Å². The third-order valence-electron chi connectivity index (χ3n) is 5.79. The standard InChI is InChI=1S/C26H17F4N7O2/c1-37-13-33-36-24(37)18-11-16(27)3-4-17(18)15-9-21(34-22(10-15)32-6-2-5-31)25-35-20-8-14(12-38)7-19(23(20)39-25)26(28,29)30/h3-4,7-13H,2,6H2,1H3,(H,32,34). The van der Waals surface area contributed by atoms with E-state index >= 15 is 0 Å². The van der Waals surface area contributed by atoms with Crippen molar-refractivity contribution in [3.05, 3.63) is 65.7 Å². The van der Waals surface area contributed by atoms with E-state index in [2.05, 4.69) is 25.5 Å². The molecule has 0 unspecified atom stereocenters. The zero-order chi connectivity index (χ0) is 27.7. The number of nitriles is 1. The molecule has 0 spiro atoms. The number of hydrogen-bond acceptors (Lipinski definition) is 8. The van der Waals surface area contributed by atoms with Crippen molar-refractivity contribution in [2.75, 3.05) is 11.9 Å². The van der Waals surface area contributed by atoms with Crippen molar-refractivity contribution in [3.8, 4) is 40.2 Å². The van der Waals surface area contributed by atoms with Crippen LogP contribution in [0.1, 0.15) is 22.3 Å². The largest absolute Gasteiger partial charge is 0.434 e. The maximum Gasteiger partial charge on any atom is 0.420 e. The summed E-state index contributed by atoms with van der Waals surface area (Å²) in [6.45, 7) is 0.237. The lowest BCUT2D eigenvalue weighted by Crippen LogP contribution is -2.06. The molecule has 5 aromatic rings. The average Bonchev–Trinajstić information content (AvgIpc) is 3.53. The van der Waals surface area contributed by atoms with Crippen LogP contribution < -0.4 is 5.32 Å². The molecule has 39 heavy (non-hydrogen) atoms. The number of aromatic nitrogens is 5. The van der Waals surface area contributed by atoms with Crippen molar-refractivity contribution in [1.29, 1.82) is 5.26 Å². The number of nitrogens with zero attached hydrogens (tertiary/aromatic N) is 6. The Hall–Kier alpha value is -5.12. The molecule has 5 rings (SSSR count). The first-order chi connectivity index (χ1) is 18.7. The lowest BCUT2D eigenvalue weighted by atomic mass is 9.98. The fourth-order valence-corrected chi connectivity index (χ4v) is 4.06. The number of fused-ring (bicyclic) bond motifs is 1. The molecule has 0 bridgehead atoms. The van der Waals surface area contributed by atoms with E-state index in [0.29, 0.717) is 34.9 Å². The van der Waals surface area contributed by atoms with Crippen molar-refractivity contribution in [2.24, 2.45) is 7.05 Å². The van der Waals surface area contributed by atoms with Crippen LogP contribution in [0.2, 0.25) is 0 Å². The zero-order valence-electron chi connectivity index (χ0n) is 20.1. The van der Waals surface area contributed by atoms with Gasteiger partial charge in [-0.25, -0.2) is 14.4 Å². The fourth-order valence-electron chi connectivity index (χ4n) is 4.06. The number of oxazole rings is 1. The van der Waals surface area contributed by atoms with E-state index in [1.165, 1.54) is 36.7 Å². The molecule has 0 aliphatic heterocycles. The number of carbonyl (C=O) groups is 1. The van der Waals surface area contributed by atoms with Crippen molar-refractivity contribution >= 4 is 23.2 Å². The van der Waals surface area contributed by atoms with Crippen LogP contribution in [0.25, 0.3) is 45.2 Å². The first-order valence-electron chi connectivity index (χ1n) is 11.4. The molecular weight excluding hydrogens is 518 g/mol. The van der Waals surface area contributed by atoms with Crippen LogP contribution in [0.5, 0.6) is 0 Å². The van der Waals surface area contributed by atoms with Gasteiger partial charge in [0.15, 0.2) is 11.4 Å². The van der Waals surface area contributed by atoms with Crippen molar-refractivity contribution in [1.82, 2.24) is 24.7 Å². The van der Waals surface area contributed by atoms with Crippen LogP contribution in [0, 0.1) is 17.1 Å². The average molecular weight is 535 g/mol. The molecule has 196 valence electrons. The third kappa shape index (κ3) is 5.04. The Labute approximate surface area is 217 Å². The third-order valence-corrected chi connectivity index (χ3v) is 5.79. The molecule has 13 heteroatoms. The number of anilines is 1. The Morgan fingerprint density at radius 2 is 1.95 bits per heavy atom. The molecule has 3 aromatic heterocycles. The Balaban J connectivity index is 1.71. The number of hydrogen-bond donors (Lipinski definition) is 1. The van der Waals surface area contributed by atoms with Gasteiger partial charge in [0.1, 0.15) is 41.0 Å². The van der Waals surface area contributed by atoms with Gasteiger partial charge in [-0.15, -0.1) is 10.2 Å². The first kappa shape index (κ1) is 25.5. The molecule has 2 aromatic carbocycles. The number of rotatable bonds is 7. The van der Waals surface area contributed by atoms with Gasteiger partial charge in [-0.3, -0.25) is 4.79 Å². The van der Waals surface area contributed by atoms with Gasteiger partial charge < -0.3 is 14.3 Å². The fraction of sp³-hybridized carbons (Fsp3) is 0.154. The molecule has 0 aliphatic rings. The van der Waals surface area contributed by atoms with Gasteiger partial charge in [-0.05, 0) is 47.5 Å². The summed E-state index contributed by atoms with van der Waals surface area (Å²) in [6, 6.07) is 11.1. The number of pyridine rings is 1. The minimum atomic E-state index is -4.80. The summed E-state index contributed by atoms with van der Waals surface area (Å²) in [4.78, 5) is 19.9. The van der Waals surface area contributed by atoms with Gasteiger partial charge >= 0.3 is 6.18 Å². The number of nitrogens with one attached hydrogen (secondary N) is 1. The number of alkyl halides is 3. The normalized spacial score (nSPS) is 11.5. The van der Waals surface area contributed by atoms with E-state index in [9.17, 15) is 22.4 Å². The smallest absolute Gasteiger partial charge is 0.420 e. The Morgan fingerprint density at radius 1 is 1.13 bits per heavy atom. The number of aryl methyl sites for hydroxylation is 1. The summed E-state index contributed by atoms with van der Waals surface area (Å²) in [5.74, 6) is -0.0909. The minimum absolute atomic E-state index is 0.0668. The van der Waals surface area contributed by atoms with Gasteiger partial charge in [-0.1, -0.05) is 6.07 Å². The first-order valence-corrected chi connectivity index (χ1v) is 11.4. The highest BCUT2D eigenvalue weighted by molar-refractivity contribution is 5.88. The quantitative estimate of drug-likeness (QED) is 0.161. The van der Waals surface area contributed by atoms with Crippen LogP contribution in [0.15, 0.2) is 53.2 Å². The molecule has 9 nitrogen and oxygen atoms in total. The molecule has 0 radical (unpaired) electrons. The predicted molar refractivity (Wildman–Crippen MR) is 132 cm³/mol. The van der Waals surface area contributed by atoms with E-state index in [4.69, 9.17) is 9.68 Å². The summed E-state index contributed by atoms with van der Waals surface area (Å²) in [7, 11) is 1.70. The molecule has 0 fully saturated rings. The predicted octanol–water partition coefficient (Wildman–Crippen LogP) is 5.65. The molecule has 1 N–H and O–H groups in total. The highest BCUT2D eigenvalue weighted by Gasteiger charge is 2.35. The number of carbonyl (C=O) groups excluding carboxylic acids is 1. The van der Waals surface area contributed by atoms with Crippen LogP contribution in [-0.4, -0.2) is 37.6 Å². The van der Waals surface area contributed by atoms with Gasteiger partial charge in [0, 0.05) is 24.7 Å². The maximum atomic E-state index is 14.3. The lowest BCUT2D eigenvalue weighted by molar-refractivity contribution is -0.136. The lowest BCUT2D eigenvalue weighted by Gasteiger charge is -2.13. The molecule has 0 saturated carbocycles. The summed E-state index contributed by atoms with van der Waals surface area (Å²) in [6.07, 6.45) is -2.89. The maximum absolute atomic E-state index is 14.3.